The van der Waals surface area contributed by atoms with E-state index in [1.807, 2.05) is 38.1 Å². The number of hydrogen-bond donors (Lipinski definition) is 3. The molecule has 0 radical (unpaired) electrons. The summed E-state index contributed by atoms with van der Waals surface area (Å²) in [7, 11) is 0. The number of benzene rings is 1. The molecule has 0 spiro atoms. The van der Waals surface area contributed by atoms with Gasteiger partial charge in [-0.05, 0) is 11.1 Å². The Morgan fingerprint density at radius 2 is 2.00 bits per heavy atom. The fourth-order valence-electron chi connectivity index (χ4n) is 1.96. The number of hydrogen-bond acceptors (Lipinski definition) is 4. The molecule has 0 unspecified atom stereocenters. The van der Waals surface area contributed by atoms with Crippen molar-refractivity contribution in [2.75, 3.05) is 5.32 Å². The van der Waals surface area contributed by atoms with Crippen molar-refractivity contribution in [3.63, 3.8) is 0 Å². The number of anilines is 1. The van der Waals surface area contributed by atoms with Gasteiger partial charge < -0.3 is 16.0 Å². The van der Waals surface area contributed by atoms with Gasteiger partial charge in [-0.2, -0.15) is 0 Å². The first-order valence-corrected chi connectivity index (χ1v) is 6.72. The van der Waals surface area contributed by atoms with E-state index in [1.165, 1.54) is 6.07 Å². The van der Waals surface area contributed by atoms with Gasteiger partial charge in [-0.25, -0.2) is 4.98 Å². The summed E-state index contributed by atoms with van der Waals surface area (Å²) in [4.78, 5) is 18.7. The summed E-state index contributed by atoms with van der Waals surface area (Å²) >= 11 is 0. The van der Waals surface area contributed by atoms with Crippen molar-refractivity contribution in [3.05, 3.63) is 57.6 Å². The number of H-pyrrole nitrogens is 1. The molecule has 106 valence electrons. The second-order valence-electron chi connectivity index (χ2n) is 5.00. The maximum Gasteiger partial charge on any atom is 0.252 e. The Morgan fingerprint density at radius 3 is 2.65 bits per heavy atom. The summed E-state index contributed by atoms with van der Waals surface area (Å²) in [5, 5.41) is 3.19. The average Bonchev–Trinajstić information content (AvgIpc) is 2.44. The molecule has 0 atom stereocenters. The van der Waals surface area contributed by atoms with Crippen LogP contribution in [0.3, 0.4) is 0 Å². The van der Waals surface area contributed by atoms with Crippen molar-refractivity contribution in [1.29, 1.82) is 0 Å². The van der Waals surface area contributed by atoms with Crippen LogP contribution < -0.4 is 16.6 Å². The van der Waals surface area contributed by atoms with Gasteiger partial charge in [0.15, 0.2) is 0 Å². The van der Waals surface area contributed by atoms with Gasteiger partial charge in [0.2, 0.25) is 0 Å². The Balaban J connectivity index is 2.16. The Kier molecular flexibility index (Phi) is 4.53. The minimum atomic E-state index is -0.140. The first-order valence-electron chi connectivity index (χ1n) is 6.72. The van der Waals surface area contributed by atoms with Gasteiger partial charge in [0.25, 0.3) is 5.56 Å². The van der Waals surface area contributed by atoms with Crippen LogP contribution in [0.1, 0.15) is 36.7 Å². The molecule has 0 saturated heterocycles. The first kappa shape index (κ1) is 14.3. The molecule has 0 amide bonds. The van der Waals surface area contributed by atoms with Gasteiger partial charge in [-0.3, -0.25) is 4.79 Å². The molecule has 1 aromatic carbocycles. The highest BCUT2D eigenvalue weighted by Crippen LogP contribution is 2.12. The standard InChI is InChI=1S/C15H20N4O/c1-10(2)15-18-13(7-14(20)19-15)17-9-12-6-4-3-5-11(12)8-16/h3-7,10H,8-9,16H2,1-2H3,(H2,17,18,19,20). The molecular weight excluding hydrogens is 252 g/mol. The van der Waals surface area contributed by atoms with Crippen molar-refractivity contribution >= 4 is 5.82 Å². The second-order valence-corrected chi connectivity index (χ2v) is 5.00. The Morgan fingerprint density at radius 1 is 1.30 bits per heavy atom. The molecule has 0 bridgehead atoms. The summed E-state index contributed by atoms with van der Waals surface area (Å²) in [6.07, 6.45) is 0. The lowest BCUT2D eigenvalue weighted by Gasteiger charge is -2.11. The van der Waals surface area contributed by atoms with Crippen molar-refractivity contribution in [2.45, 2.75) is 32.9 Å². The molecule has 2 rings (SSSR count). The number of rotatable bonds is 5. The molecule has 0 fully saturated rings. The minimum Gasteiger partial charge on any atom is -0.366 e. The van der Waals surface area contributed by atoms with E-state index in [9.17, 15) is 4.79 Å². The van der Waals surface area contributed by atoms with Crippen LogP contribution in [0.15, 0.2) is 35.1 Å². The van der Waals surface area contributed by atoms with Crippen LogP contribution in [0, 0.1) is 0 Å². The van der Waals surface area contributed by atoms with Crippen LogP contribution in [0.2, 0.25) is 0 Å². The molecule has 4 N–H and O–H groups in total. The maximum atomic E-state index is 11.6. The van der Waals surface area contributed by atoms with E-state index in [-0.39, 0.29) is 11.5 Å². The van der Waals surface area contributed by atoms with Crippen LogP contribution in [0.4, 0.5) is 5.82 Å². The third-order valence-electron chi connectivity index (χ3n) is 3.11. The highest BCUT2D eigenvalue weighted by molar-refractivity contribution is 5.37. The molecule has 0 aliphatic carbocycles. The monoisotopic (exact) mass is 272 g/mol. The van der Waals surface area contributed by atoms with E-state index < -0.39 is 0 Å². The summed E-state index contributed by atoms with van der Waals surface area (Å²) in [5.41, 5.74) is 7.77. The smallest absolute Gasteiger partial charge is 0.252 e. The number of aromatic nitrogens is 2. The summed E-state index contributed by atoms with van der Waals surface area (Å²) in [5.74, 6) is 1.46. The predicted molar refractivity (Wildman–Crippen MR) is 80.6 cm³/mol. The Bertz CT molecular complexity index is 634. The van der Waals surface area contributed by atoms with Gasteiger partial charge in [0.1, 0.15) is 11.6 Å². The molecule has 1 aromatic heterocycles. The molecule has 0 aliphatic rings. The topological polar surface area (TPSA) is 83.8 Å². The van der Waals surface area contributed by atoms with Crippen molar-refractivity contribution in [1.82, 2.24) is 9.97 Å². The lowest BCUT2D eigenvalue weighted by molar-refractivity contribution is 0.766. The van der Waals surface area contributed by atoms with E-state index in [0.717, 1.165) is 11.1 Å². The first-order chi connectivity index (χ1) is 9.60. The van der Waals surface area contributed by atoms with E-state index in [2.05, 4.69) is 15.3 Å². The van der Waals surface area contributed by atoms with Gasteiger partial charge >= 0.3 is 0 Å². The van der Waals surface area contributed by atoms with E-state index >= 15 is 0 Å². The molecule has 0 saturated carbocycles. The van der Waals surface area contributed by atoms with Crippen molar-refractivity contribution in [2.24, 2.45) is 5.73 Å². The van der Waals surface area contributed by atoms with E-state index in [4.69, 9.17) is 5.73 Å². The van der Waals surface area contributed by atoms with Crippen molar-refractivity contribution in [3.8, 4) is 0 Å². The highest BCUT2D eigenvalue weighted by Gasteiger charge is 2.06. The van der Waals surface area contributed by atoms with Crippen LogP contribution >= 0.6 is 0 Å². The number of nitrogens with one attached hydrogen (secondary N) is 2. The largest absolute Gasteiger partial charge is 0.366 e. The number of nitrogens with two attached hydrogens (primary N) is 1. The minimum absolute atomic E-state index is 0.140. The van der Waals surface area contributed by atoms with Gasteiger partial charge in [0.05, 0.1) is 0 Å². The van der Waals surface area contributed by atoms with Crippen molar-refractivity contribution < 1.29 is 0 Å². The zero-order valence-corrected chi connectivity index (χ0v) is 11.8. The quantitative estimate of drug-likeness (QED) is 0.777. The van der Waals surface area contributed by atoms with Crippen LogP contribution in [0.5, 0.6) is 0 Å². The molecule has 0 aliphatic heterocycles. The van der Waals surface area contributed by atoms with Crippen LogP contribution in [0.25, 0.3) is 0 Å². The molecule has 1 heterocycles. The number of nitrogens with zero attached hydrogens (tertiary/aromatic N) is 1. The number of aromatic amines is 1. The highest BCUT2D eigenvalue weighted by atomic mass is 16.1. The maximum absolute atomic E-state index is 11.6. The Labute approximate surface area is 118 Å². The third-order valence-corrected chi connectivity index (χ3v) is 3.11. The van der Waals surface area contributed by atoms with E-state index in [1.54, 1.807) is 0 Å². The fourth-order valence-corrected chi connectivity index (χ4v) is 1.96. The normalized spacial score (nSPS) is 10.8. The van der Waals surface area contributed by atoms with Crippen LogP contribution in [-0.4, -0.2) is 9.97 Å². The zero-order valence-electron chi connectivity index (χ0n) is 11.8. The lowest BCUT2D eigenvalue weighted by atomic mass is 10.1. The summed E-state index contributed by atoms with van der Waals surface area (Å²) in [6, 6.07) is 9.43. The Hall–Kier alpha value is -2.14. The molecule has 5 heteroatoms. The SMILES string of the molecule is CC(C)c1nc(NCc2ccccc2CN)cc(=O)[nH]1. The zero-order chi connectivity index (χ0) is 14.5. The third kappa shape index (κ3) is 3.45. The van der Waals surface area contributed by atoms with Gasteiger partial charge in [-0.15, -0.1) is 0 Å². The summed E-state index contributed by atoms with van der Waals surface area (Å²) in [6.45, 7) is 5.08. The molecular formula is C15H20N4O. The lowest BCUT2D eigenvalue weighted by Crippen LogP contribution is -2.15. The predicted octanol–water partition coefficient (Wildman–Crippen LogP) is 1.96. The van der Waals surface area contributed by atoms with Crippen LogP contribution in [-0.2, 0) is 13.1 Å². The molecule has 2 aromatic rings. The average molecular weight is 272 g/mol. The fraction of sp³-hybridized carbons (Fsp3) is 0.333. The summed E-state index contributed by atoms with van der Waals surface area (Å²) < 4.78 is 0. The second kappa shape index (κ2) is 6.34. The van der Waals surface area contributed by atoms with Gasteiger partial charge in [-0.1, -0.05) is 38.1 Å². The van der Waals surface area contributed by atoms with Gasteiger partial charge in [0, 0.05) is 25.1 Å². The molecule has 5 nitrogen and oxygen atoms in total. The van der Waals surface area contributed by atoms with E-state index in [0.29, 0.717) is 24.7 Å². The molecule has 20 heavy (non-hydrogen) atoms.